The van der Waals surface area contributed by atoms with Crippen molar-refractivity contribution < 1.29 is 19.1 Å². The summed E-state index contributed by atoms with van der Waals surface area (Å²) in [5.74, 6) is -0.532. The molecule has 146 valence electrons. The first-order valence-corrected chi connectivity index (χ1v) is 9.54. The van der Waals surface area contributed by atoms with Gasteiger partial charge in [-0.2, -0.15) is 0 Å². The zero-order chi connectivity index (χ0) is 20.3. The van der Waals surface area contributed by atoms with E-state index in [1.807, 2.05) is 19.1 Å². The van der Waals surface area contributed by atoms with Crippen LogP contribution in [0.5, 0.6) is 5.75 Å². The van der Waals surface area contributed by atoms with Crippen molar-refractivity contribution in [2.24, 2.45) is 0 Å². The van der Waals surface area contributed by atoms with Crippen molar-refractivity contribution in [3.63, 3.8) is 0 Å². The number of nitrogens with one attached hydrogen (secondary N) is 2. The number of fused-ring (bicyclic) bond motifs is 1. The minimum Gasteiger partial charge on any atom is -0.479 e. The molecule has 0 unspecified atom stereocenters. The van der Waals surface area contributed by atoms with Gasteiger partial charge in [-0.3, -0.25) is 19.3 Å². The number of para-hydroxylation sites is 2. The number of benzene rings is 2. The SMILES string of the molecule is Cc1cc(Br)ccc1NC(=O)CNC(=O)CN1C(=O)[C@@H](C)Oc2ccccc21. The third-order valence-corrected chi connectivity index (χ3v) is 4.78. The van der Waals surface area contributed by atoms with Crippen LogP contribution in [-0.4, -0.2) is 36.9 Å². The number of carbonyl (C=O) groups is 3. The Morgan fingerprint density at radius 3 is 2.68 bits per heavy atom. The molecule has 0 saturated heterocycles. The van der Waals surface area contributed by atoms with Crippen molar-refractivity contribution in [3.8, 4) is 5.75 Å². The zero-order valence-electron chi connectivity index (χ0n) is 15.5. The quantitative estimate of drug-likeness (QED) is 0.740. The maximum atomic E-state index is 12.4. The van der Waals surface area contributed by atoms with Crippen molar-refractivity contribution >= 4 is 45.0 Å². The predicted octanol–water partition coefficient (Wildman–Crippen LogP) is 2.63. The Hall–Kier alpha value is -2.87. The highest BCUT2D eigenvalue weighted by atomic mass is 79.9. The third-order valence-electron chi connectivity index (χ3n) is 4.28. The lowest BCUT2D eigenvalue weighted by Crippen LogP contribution is -2.49. The molecule has 0 fully saturated rings. The Morgan fingerprint density at radius 2 is 1.93 bits per heavy atom. The van der Waals surface area contributed by atoms with Gasteiger partial charge in [-0.25, -0.2) is 0 Å². The highest BCUT2D eigenvalue weighted by molar-refractivity contribution is 9.10. The maximum Gasteiger partial charge on any atom is 0.268 e. The van der Waals surface area contributed by atoms with Crippen molar-refractivity contribution in [2.75, 3.05) is 23.3 Å². The number of carbonyl (C=O) groups excluding carboxylic acids is 3. The lowest BCUT2D eigenvalue weighted by molar-refractivity contribution is -0.128. The van der Waals surface area contributed by atoms with Gasteiger partial charge in [-0.05, 0) is 49.7 Å². The van der Waals surface area contributed by atoms with Crippen LogP contribution in [0.25, 0.3) is 0 Å². The summed E-state index contributed by atoms with van der Waals surface area (Å²) < 4.78 is 6.47. The maximum absolute atomic E-state index is 12.4. The van der Waals surface area contributed by atoms with Crippen LogP contribution in [0.15, 0.2) is 46.9 Å². The molecule has 1 aliphatic rings. The summed E-state index contributed by atoms with van der Waals surface area (Å²) in [7, 11) is 0. The highest BCUT2D eigenvalue weighted by Gasteiger charge is 2.32. The van der Waals surface area contributed by atoms with Crippen LogP contribution < -0.4 is 20.3 Å². The first kappa shape index (κ1) is 19.9. The minimum atomic E-state index is -0.675. The molecule has 0 aromatic heterocycles. The molecule has 3 amide bonds. The Labute approximate surface area is 171 Å². The van der Waals surface area contributed by atoms with Crippen LogP contribution in [0.3, 0.4) is 0 Å². The van der Waals surface area contributed by atoms with Crippen LogP contribution in [0.1, 0.15) is 12.5 Å². The van der Waals surface area contributed by atoms with E-state index in [4.69, 9.17) is 4.74 Å². The lowest BCUT2D eigenvalue weighted by atomic mass is 10.2. The Morgan fingerprint density at radius 1 is 1.18 bits per heavy atom. The fraction of sp³-hybridized carbons (Fsp3) is 0.250. The van der Waals surface area contributed by atoms with E-state index < -0.39 is 12.0 Å². The number of ether oxygens (including phenoxy) is 1. The van der Waals surface area contributed by atoms with Gasteiger partial charge in [0, 0.05) is 10.2 Å². The largest absolute Gasteiger partial charge is 0.479 e. The standard InChI is InChI=1S/C20H20BrN3O4/c1-12-9-14(21)7-8-15(12)23-18(25)10-22-19(26)11-24-16-5-3-4-6-17(16)28-13(2)20(24)27/h3-9,13H,10-11H2,1-2H3,(H,22,26)(H,23,25)/t13-/m1/s1. The Kier molecular flexibility index (Phi) is 5.99. The van der Waals surface area contributed by atoms with Crippen LogP contribution >= 0.6 is 15.9 Å². The fourth-order valence-corrected chi connectivity index (χ4v) is 3.34. The molecule has 0 radical (unpaired) electrons. The number of hydrogen-bond donors (Lipinski definition) is 2. The topological polar surface area (TPSA) is 87.7 Å². The number of aryl methyl sites for hydroxylation is 1. The molecule has 7 nitrogen and oxygen atoms in total. The monoisotopic (exact) mass is 445 g/mol. The number of hydrogen-bond acceptors (Lipinski definition) is 4. The van der Waals surface area contributed by atoms with Gasteiger partial charge in [0.25, 0.3) is 5.91 Å². The van der Waals surface area contributed by atoms with E-state index >= 15 is 0 Å². The second-order valence-corrected chi connectivity index (χ2v) is 7.35. The Balaban J connectivity index is 1.58. The number of anilines is 2. The molecule has 1 atom stereocenters. The van der Waals surface area contributed by atoms with Crippen molar-refractivity contribution in [3.05, 3.63) is 52.5 Å². The van der Waals surface area contributed by atoms with Crippen LogP contribution in [-0.2, 0) is 14.4 Å². The summed E-state index contributed by atoms with van der Waals surface area (Å²) in [5, 5.41) is 5.30. The number of halogens is 1. The molecule has 2 aromatic rings. The van der Waals surface area contributed by atoms with E-state index in [1.165, 1.54) is 4.90 Å². The van der Waals surface area contributed by atoms with Gasteiger partial charge in [0.1, 0.15) is 12.3 Å². The van der Waals surface area contributed by atoms with Crippen molar-refractivity contribution in [2.45, 2.75) is 20.0 Å². The van der Waals surface area contributed by atoms with Gasteiger partial charge < -0.3 is 15.4 Å². The molecule has 1 heterocycles. The normalized spacial score (nSPS) is 15.5. The first-order valence-electron chi connectivity index (χ1n) is 8.75. The molecule has 0 aliphatic carbocycles. The first-order chi connectivity index (χ1) is 13.3. The van der Waals surface area contributed by atoms with Crippen LogP contribution in [0.4, 0.5) is 11.4 Å². The molecule has 2 N–H and O–H groups in total. The molecule has 3 rings (SSSR count). The molecule has 1 aliphatic heterocycles. The second-order valence-electron chi connectivity index (χ2n) is 6.44. The van der Waals surface area contributed by atoms with E-state index in [-0.39, 0.29) is 24.9 Å². The van der Waals surface area contributed by atoms with Crippen molar-refractivity contribution in [1.29, 1.82) is 0 Å². The van der Waals surface area contributed by atoms with Gasteiger partial charge in [-0.1, -0.05) is 28.1 Å². The summed E-state index contributed by atoms with van der Waals surface area (Å²) in [6, 6.07) is 12.5. The molecule has 8 heteroatoms. The molecule has 2 aromatic carbocycles. The zero-order valence-corrected chi connectivity index (χ0v) is 17.1. The molecule has 28 heavy (non-hydrogen) atoms. The van der Waals surface area contributed by atoms with E-state index in [1.54, 1.807) is 37.3 Å². The average molecular weight is 446 g/mol. The predicted molar refractivity (Wildman–Crippen MR) is 109 cm³/mol. The molecule has 0 spiro atoms. The Bertz CT molecular complexity index is 931. The summed E-state index contributed by atoms with van der Waals surface area (Å²) in [5.41, 5.74) is 2.11. The summed E-state index contributed by atoms with van der Waals surface area (Å²) in [4.78, 5) is 38.2. The van der Waals surface area contributed by atoms with Gasteiger partial charge in [0.05, 0.1) is 12.2 Å². The van der Waals surface area contributed by atoms with Crippen LogP contribution in [0.2, 0.25) is 0 Å². The summed E-state index contributed by atoms with van der Waals surface area (Å²) in [6.07, 6.45) is -0.675. The number of rotatable bonds is 5. The molecular weight excluding hydrogens is 426 g/mol. The summed E-state index contributed by atoms with van der Waals surface area (Å²) >= 11 is 3.37. The van der Waals surface area contributed by atoms with E-state index in [9.17, 15) is 14.4 Å². The van der Waals surface area contributed by atoms with Gasteiger partial charge in [0.2, 0.25) is 11.8 Å². The average Bonchev–Trinajstić information content (AvgIpc) is 2.66. The fourth-order valence-electron chi connectivity index (χ4n) is 2.86. The van der Waals surface area contributed by atoms with E-state index in [0.717, 1.165) is 10.0 Å². The highest BCUT2D eigenvalue weighted by Crippen LogP contribution is 2.33. The molecular formula is C20H20BrN3O4. The van der Waals surface area contributed by atoms with E-state index in [0.29, 0.717) is 17.1 Å². The second kappa shape index (κ2) is 8.43. The van der Waals surface area contributed by atoms with E-state index in [2.05, 4.69) is 26.6 Å². The van der Waals surface area contributed by atoms with Gasteiger partial charge in [-0.15, -0.1) is 0 Å². The van der Waals surface area contributed by atoms with Crippen molar-refractivity contribution in [1.82, 2.24) is 5.32 Å². The smallest absolute Gasteiger partial charge is 0.268 e. The lowest BCUT2D eigenvalue weighted by Gasteiger charge is -2.32. The summed E-state index contributed by atoms with van der Waals surface area (Å²) in [6.45, 7) is 3.14. The number of amides is 3. The van der Waals surface area contributed by atoms with Gasteiger partial charge >= 0.3 is 0 Å². The third kappa shape index (κ3) is 4.51. The molecule has 0 saturated carbocycles. The minimum absolute atomic E-state index is 0.186. The van der Waals surface area contributed by atoms with Crippen LogP contribution in [0, 0.1) is 6.92 Å². The number of nitrogens with zero attached hydrogens (tertiary/aromatic N) is 1. The van der Waals surface area contributed by atoms with Gasteiger partial charge in [0.15, 0.2) is 6.10 Å². The molecule has 0 bridgehead atoms.